The zero-order valence-corrected chi connectivity index (χ0v) is 12.1. The molecule has 1 unspecified atom stereocenters. The Morgan fingerprint density at radius 1 is 1.26 bits per heavy atom. The number of carbonyl (C=O) groups is 1. The Morgan fingerprint density at radius 3 is 2.32 bits per heavy atom. The summed E-state index contributed by atoms with van der Waals surface area (Å²) < 4.78 is 22.8. The molecule has 5 heteroatoms. The van der Waals surface area contributed by atoms with Gasteiger partial charge < -0.3 is 5.11 Å². The van der Waals surface area contributed by atoms with Crippen molar-refractivity contribution in [3.05, 3.63) is 35.4 Å². The fraction of sp³-hybridized carbons (Fsp3) is 0.500. The molecule has 0 aliphatic carbocycles. The van der Waals surface area contributed by atoms with Crippen molar-refractivity contribution in [2.75, 3.05) is 11.5 Å². The highest BCUT2D eigenvalue weighted by atomic mass is 32.2. The van der Waals surface area contributed by atoms with Crippen molar-refractivity contribution in [2.45, 2.75) is 32.6 Å². The third kappa shape index (κ3) is 5.03. The summed E-state index contributed by atoms with van der Waals surface area (Å²) in [6.07, 6.45) is 0.721. The van der Waals surface area contributed by atoms with Gasteiger partial charge in [-0.15, -0.1) is 0 Å². The van der Waals surface area contributed by atoms with E-state index >= 15 is 0 Å². The van der Waals surface area contributed by atoms with Crippen LogP contribution in [0.3, 0.4) is 0 Å². The lowest BCUT2D eigenvalue weighted by atomic mass is 9.94. The van der Waals surface area contributed by atoms with Crippen molar-refractivity contribution >= 4 is 15.8 Å². The molecule has 0 fully saturated rings. The van der Waals surface area contributed by atoms with E-state index in [1.807, 2.05) is 19.1 Å². The average molecular weight is 284 g/mol. The second kappa shape index (κ2) is 6.70. The Hall–Kier alpha value is -1.36. The minimum absolute atomic E-state index is 0.0547. The van der Waals surface area contributed by atoms with Crippen LogP contribution >= 0.6 is 0 Å². The maximum absolute atomic E-state index is 11.4. The molecule has 19 heavy (non-hydrogen) atoms. The van der Waals surface area contributed by atoms with Gasteiger partial charge in [0.05, 0.1) is 11.7 Å². The van der Waals surface area contributed by atoms with Gasteiger partial charge >= 0.3 is 5.97 Å². The Morgan fingerprint density at radius 2 is 1.84 bits per heavy atom. The summed E-state index contributed by atoms with van der Waals surface area (Å²) in [6.45, 7) is 3.54. The molecule has 0 saturated carbocycles. The maximum Gasteiger partial charge on any atom is 0.310 e. The summed E-state index contributed by atoms with van der Waals surface area (Å²) in [5.74, 6) is -1.38. The molecule has 0 radical (unpaired) electrons. The first kappa shape index (κ1) is 15.7. The van der Waals surface area contributed by atoms with Gasteiger partial charge in [-0.05, 0) is 25.3 Å². The van der Waals surface area contributed by atoms with E-state index in [0.29, 0.717) is 12.8 Å². The molecule has 106 valence electrons. The third-order valence-corrected chi connectivity index (χ3v) is 4.96. The number of rotatable bonds is 7. The molecule has 0 spiro atoms. The number of carboxylic acid groups (broad SMARTS) is 1. The molecule has 1 N–H and O–H groups in total. The van der Waals surface area contributed by atoms with Gasteiger partial charge in [-0.2, -0.15) is 0 Å². The van der Waals surface area contributed by atoms with Gasteiger partial charge in [0.15, 0.2) is 0 Å². The first-order valence-corrected chi connectivity index (χ1v) is 8.17. The number of sulfone groups is 1. The zero-order chi connectivity index (χ0) is 14.5. The number of aliphatic carboxylic acids is 1. The summed E-state index contributed by atoms with van der Waals surface area (Å²) >= 11 is 0. The van der Waals surface area contributed by atoms with E-state index in [-0.39, 0.29) is 11.5 Å². The summed E-state index contributed by atoms with van der Waals surface area (Å²) in [7, 11) is -3.02. The highest BCUT2D eigenvalue weighted by molar-refractivity contribution is 7.91. The number of carboxylic acids is 1. The van der Waals surface area contributed by atoms with Gasteiger partial charge in [-0.1, -0.05) is 36.8 Å². The lowest BCUT2D eigenvalue weighted by Crippen LogP contribution is -2.15. The van der Waals surface area contributed by atoms with Gasteiger partial charge in [0, 0.05) is 5.75 Å². The lowest BCUT2D eigenvalue weighted by Gasteiger charge is -2.12. The molecule has 1 aromatic rings. The summed E-state index contributed by atoms with van der Waals surface area (Å²) in [6, 6.07) is 7.33. The molecule has 0 aromatic heterocycles. The number of hydrogen-bond acceptors (Lipinski definition) is 3. The van der Waals surface area contributed by atoms with Crippen molar-refractivity contribution in [1.82, 2.24) is 0 Å². The van der Waals surface area contributed by atoms with Crippen LogP contribution < -0.4 is 0 Å². The molecule has 1 rings (SSSR count). The standard InChI is InChI=1S/C14H20O4S/c1-3-19(17,18)10-4-5-13(14(15)16)12-8-6-11(2)7-9-12/h6-9,13H,3-5,10H2,1-2H3,(H,15,16). The van der Waals surface area contributed by atoms with E-state index < -0.39 is 21.7 Å². The van der Waals surface area contributed by atoms with Crippen molar-refractivity contribution in [3.63, 3.8) is 0 Å². The lowest BCUT2D eigenvalue weighted by molar-refractivity contribution is -0.139. The molecule has 0 bridgehead atoms. The molecule has 0 saturated heterocycles. The van der Waals surface area contributed by atoms with Crippen LogP contribution in [0.4, 0.5) is 0 Å². The largest absolute Gasteiger partial charge is 0.481 e. The first-order chi connectivity index (χ1) is 8.85. The van der Waals surface area contributed by atoms with Crippen molar-refractivity contribution in [2.24, 2.45) is 0 Å². The van der Waals surface area contributed by atoms with E-state index in [1.54, 1.807) is 19.1 Å². The van der Waals surface area contributed by atoms with Crippen molar-refractivity contribution in [3.8, 4) is 0 Å². The minimum atomic E-state index is -3.02. The van der Waals surface area contributed by atoms with Crippen LogP contribution in [0.5, 0.6) is 0 Å². The Bertz CT molecular complexity index is 517. The molecule has 1 atom stereocenters. The molecular formula is C14H20O4S. The quantitative estimate of drug-likeness (QED) is 0.834. The van der Waals surface area contributed by atoms with Crippen LogP contribution in [0.15, 0.2) is 24.3 Å². The molecule has 0 aliphatic heterocycles. The summed E-state index contributed by atoms with van der Waals surface area (Å²) in [4.78, 5) is 11.3. The van der Waals surface area contributed by atoms with Crippen LogP contribution in [0.1, 0.15) is 36.8 Å². The molecule has 0 heterocycles. The fourth-order valence-corrected chi connectivity index (χ4v) is 2.78. The minimum Gasteiger partial charge on any atom is -0.481 e. The Kier molecular flexibility index (Phi) is 5.54. The van der Waals surface area contributed by atoms with E-state index in [2.05, 4.69) is 0 Å². The second-order valence-corrected chi connectivity index (χ2v) is 7.15. The predicted octanol–water partition coefficient (Wildman–Crippen LogP) is 2.38. The number of aryl methyl sites for hydroxylation is 1. The van der Waals surface area contributed by atoms with Crippen LogP contribution in [0, 0.1) is 6.92 Å². The molecule has 0 amide bonds. The van der Waals surface area contributed by atoms with Crippen LogP contribution in [-0.4, -0.2) is 31.0 Å². The van der Waals surface area contributed by atoms with Crippen molar-refractivity contribution < 1.29 is 18.3 Å². The number of benzene rings is 1. The monoisotopic (exact) mass is 284 g/mol. The smallest absolute Gasteiger partial charge is 0.310 e. The first-order valence-electron chi connectivity index (χ1n) is 6.35. The van der Waals surface area contributed by atoms with E-state index in [4.69, 9.17) is 0 Å². The molecule has 1 aromatic carbocycles. The van der Waals surface area contributed by atoms with E-state index in [0.717, 1.165) is 11.1 Å². The topological polar surface area (TPSA) is 71.4 Å². The zero-order valence-electron chi connectivity index (χ0n) is 11.3. The third-order valence-electron chi connectivity index (χ3n) is 3.17. The fourth-order valence-electron chi connectivity index (χ4n) is 1.88. The second-order valence-electron chi connectivity index (χ2n) is 4.68. The average Bonchev–Trinajstić information content (AvgIpc) is 2.36. The summed E-state index contributed by atoms with van der Waals surface area (Å²) in [5.41, 5.74) is 1.80. The van der Waals surface area contributed by atoms with Gasteiger partial charge in [0.1, 0.15) is 9.84 Å². The molecular weight excluding hydrogens is 264 g/mol. The molecule has 0 aliphatic rings. The molecule has 4 nitrogen and oxygen atoms in total. The van der Waals surface area contributed by atoms with Gasteiger partial charge in [0.2, 0.25) is 0 Å². The SMILES string of the molecule is CCS(=O)(=O)CCCC(C(=O)O)c1ccc(C)cc1. The number of hydrogen-bond donors (Lipinski definition) is 1. The van der Waals surface area contributed by atoms with Crippen molar-refractivity contribution in [1.29, 1.82) is 0 Å². The van der Waals surface area contributed by atoms with E-state index in [1.165, 1.54) is 0 Å². The van der Waals surface area contributed by atoms with Gasteiger partial charge in [0.25, 0.3) is 0 Å². The van der Waals surface area contributed by atoms with Gasteiger partial charge in [-0.3, -0.25) is 4.79 Å². The maximum atomic E-state index is 11.4. The van der Waals surface area contributed by atoms with Crippen LogP contribution in [0.25, 0.3) is 0 Å². The highest BCUT2D eigenvalue weighted by Gasteiger charge is 2.20. The van der Waals surface area contributed by atoms with Gasteiger partial charge in [-0.25, -0.2) is 8.42 Å². The van der Waals surface area contributed by atoms with Crippen LogP contribution in [0.2, 0.25) is 0 Å². The van der Waals surface area contributed by atoms with E-state index in [9.17, 15) is 18.3 Å². The highest BCUT2D eigenvalue weighted by Crippen LogP contribution is 2.22. The predicted molar refractivity (Wildman–Crippen MR) is 75.1 cm³/mol. The van der Waals surface area contributed by atoms with Crippen LogP contribution in [-0.2, 0) is 14.6 Å². The Balaban J connectivity index is 2.69. The summed E-state index contributed by atoms with van der Waals surface area (Å²) in [5, 5.41) is 9.23. The Labute approximate surface area is 114 Å². The normalized spacial score (nSPS) is 13.2.